The smallest absolute Gasteiger partial charge is 0.338 e. The number of carbonyl (C=O) groups excluding carboxylic acids is 2. The van der Waals surface area contributed by atoms with Crippen LogP contribution in [0.4, 0.5) is 4.79 Å². The van der Waals surface area contributed by atoms with Gasteiger partial charge < -0.3 is 19.9 Å². The number of esters is 1. The van der Waals surface area contributed by atoms with Crippen molar-refractivity contribution in [2.24, 2.45) is 0 Å². The number of aliphatic hydroxyl groups is 1. The molecule has 6 nitrogen and oxygen atoms in total. The monoisotopic (exact) mass is 391 g/mol. The fraction of sp³-hybridized carbons (Fsp3) is 0.500. The Morgan fingerprint density at radius 1 is 1.44 bits per heavy atom. The van der Waals surface area contributed by atoms with Crippen molar-refractivity contribution in [3.05, 3.63) is 48.6 Å². The van der Waals surface area contributed by atoms with Gasteiger partial charge in [-0.25, -0.2) is 4.79 Å². The third-order valence-electron chi connectivity index (χ3n) is 4.85. The highest BCUT2D eigenvalue weighted by atomic mass is 32.2. The van der Waals surface area contributed by atoms with Crippen molar-refractivity contribution in [3.63, 3.8) is 0 Å². The van der Waals surface area contributed by atoms with Crippen molar-refractivity contribution in [3.8, 4) is 0 Å². The molecule has 0 radical (unpaired) electrons. The van der Waals surface area contributed by atoms with E-state index in [2.05, 4.69) is 11.9 Å². The largest absolute Gasteiger partial charge is 0.458 e. The van der Waals surface area contributed by atoms with E-state index in [1.165, 1.54) is 0 Å². The Hall–Kier alpha value is -1.83. The minimum Gasteiger partial charge on any atom is -0.458 e. The molecule has 1 amide bonds. The second-order valence-corrected chi connectivity index (χ2v) is 7.93. The molecule has 0 aromatic heterocycles. The zero-order valence-corrected chi connectivity index (χ0v) is 16.0. The van der Waals surface area contributed by atoms with Gasteiger partial charge in [0.1, 0.15) is 6.10 Å². The van der Waals surface area contributed by atoms with Gasteiger partial charge in [-0.1, -0.05) is 36.0 Å². The molecule has 27 heavy (non-hydrogen) atoms. The molecule has 1 aromatic rings. The third-order valence-corrected chi connectivity index (χ3v) is 5.73. The molecule has 2 heterocycles. The van der Waals surface area contributed by atoms with Crippen LogP contribution in [0.5, 0.6) is 0 Å². The molecule has 0 saturated carbocycles. The SMILES string of the molecule is C=CCCC[C@@H]1C[C@@H](OC(=O)c2ccccc2)C[C@](O)([C@@H]2CSC(=O)N2)O1. The molecule has 2 N–H and O–H groups in total. The summed E-state index contributed by atoms with van der Waals surface area (Å²) in [5.41, 5.74) is 0.473. The molecule has 0 aliphatic carbocycles. The zero-order chi connectivity index (χ0) is 19.3. The van der Waals surface area contributed by atoms with E-state index in [0.29, 0.717) is 17.7 Å². The maximum absolute atomic E-state index is 12.4. The molecule has 3 rings (SSSR count). The first-order valence-corrected chi connectivity index (χ1v) is 10.2. The second-order valence-electron chi connectivity index (χ2n) is 6.93. The van der Waals surface area contributed by atoms with Crippen LogP contribution in [-0.4, -0.2) is 46.1 Å². The highest BCUT2D eigenvalue weighted by molar-refractivity contribution is 8.14. The Morgan fingerprint density at radius 3 is 2.89 bits per heavy atom. The molecular weight excluding hydrogens is 366 g/mol. The number of hydrogen-bond acceptors (Lipinski definition) is 6. The number of unbranched alkanes of at least 4 members (excludes halogenated alkanes) is 1. The molecule has 2 aliphatic rings. The van der Waals surface area contributed by atoms with E-state index >= 15 is 0 Å². The van der Waals surface area contributed by atoms with Crippen LogP contribution >= 0.6 is 11.8 Å². The molecule has 0 unspecified atom stereocenters. The molecule has 0 bridgehead atoms. The summed E-state index contributed by atoms with van der Waals surface area (Å²) in [5.74, 6) is -1.54. The topological polar surface area (TPSA) is 84.9 Å². The van der Waals surface area contributed by atoms with E-state index in [9.17, 15) is 14.7 Å². The van der Waals surface area contributed by atoms with Gasteiger partial charge in [0.05, 0.1) is 17.7 Å². The molecule has 7 heteroatoms. The van der Waals surface area contributed by atoms with Crippen LogP contribution < -0.4 is 5.32 Å². The first-order valence-electron chi connectivity index (χ1n) is 9.20. The number of nitrogens with one attached hydrogen (secondary N) is 1. The normalized spacial score (nSPS) is 30.6. The molecule has 1 aromatic carbocycles. The molecule has 0 spiro atoms. The van der Waals surface area contributed by atoms with Crippen molar-refractivity contribution in [1.29, 1.82) is 0 Å². The van der Waals surface area contributed by atoms with Gasteiger partial charge in [0.15, 0.2) is 5.79 Å². The van der Waals surface area contributed by atoms with Crippen LogP contribution in [0.3, 0.4) is 0 Å². The molecule has 2 saturated heterocycles. The number of benzene rings is 1. The fourth-order valence-corrected chi connectivity index (χ4v) is 4.38. The summed E-state index contributed by atoms with van der Waals surface area (Å²) in [6.07, 6.45) is 4.21. The summed E-state index contributed by atoms with van der Waals surface area (Å²) in [6.45, 7) is 3.72. The lowest BCUT2D eigenvalue weighted by molar-refractivity contribution is -0.281. The van der Waals surface area contributed by atoms with Crippen LogP contribution in [0.15, 0.2) is 43.0 Å². The Balaban J connectivity index is 1.70. The van der Waals surface area contributed by atoms with Crippen molar-refractivity contribution in [2.75, 3.05) is 5.75 Å². The molecule has 2 aliphatic heterocycles. The van der Waals surface area contributed by atoms with Crippen LogP contribution in [0.25, 0.3) is 0 Å². The Kier molecular flexibility index (Phi) is 6.57. The minimum atomic E-state index is -1.54. The number of rotatable bonds is 7. The van der Waals surface area contributed by atoms with Crippen molar-refractivity contribution < 1.29 is 24.2 Å². The van der Waals surface area contributed by atoms with E-state index in [-0.39, 0.29) is 17.8 Å². The number of hydrogen-bond donors (Lipinski definition) is 2. The van der Waals surface area contributed by atoms with E-state index in [4.69, 9.17) is 9.47 Å². The van der Waals surface area contributed by atoms with Gasteiger partial charge in [0.25, 0.3) is 5.24 Å². The van der Waals surface area contributed by atoms with Gasteiger partial charge in [0, 0.05) is 18.6 Å². The van der Waals surface area contributed by atoms with E-state index < -0.39 is 23.9 Å². The van der Waals surface area contributed by atoms with Crippen LogP contribution in [-0.2, 0) is 9.47 Å². The van der Waals surface area contributed by atoms with Gasteiger partial charge in [0.2, 0.25) is 0 Å². The number of carbonyl (C=O) groups is 2. The maximum atomic E-state index is 12.4. The summed E-state index contributed by atoms with van der Waals surface area (Å²) in [6, 6.07) is 8.27. The Labute approximate surface area is 163 Å². The third kappa shape index (κ3) is 5.12. The summed E-state index contributed by atoms with van der Waals surface area (Å²) < 4.78 is 11.6. The second kappa shape index (κ2) is 8.91. The fourth-order valence-electron chi connectivity index (χ4n) is 3.49. The predicted molar refractivity (Wildman–Crippen MR) is 104 cm³/mol. The van der Waals surface area contributed by atoms with Crippen molar-refractivity contribution in [2.45, 2.75) is 56.1 Å². The lowest BCUT2D eigenvalue weighted by Crippen LogP contribution is -2.58. The van der Waals surface area contributed by atoms with Gasteiger partial charge in [-0.15, -0.1) is 6.58 Å². The summed E-state index contributed by atoms with van der Waals surface area (Å²) in [5, 5.41) is 13.7. The summed E-state index contributed by atoms with van der Waals surface area (Å²) in [4.78, 5) is 24.0. The van der Waals surface area contributed by atoms with Gasteiger partial charge in [-0.3, -0.25) is 4.79 Å². The Morgan fingerprint density at radius 2 is 2.22 bits per heavy atom. The predicted octanol–water partition coefficient (Wildman–Crippen LogP) is 3.26. The molecular formula is C20H25NO5S. The lowest BCUT2D eigenvalue weighted by Gasteiger charge is -2.43. The van der Waals surface area contributed by atoms with Gasteiger partial charge in [-0.2, -0.15) is 0 Å². The highest BCUT2D eigenvalue weighted by Gasteiger charge is 2.49. The van der Waals surface area contributed by atoms with E-state index in [0.717, 1.165) is 31.0 Å². The first kappa shape index (κ1) is 19.9. The maximum Gasteiger partial charge on any atom is 0.338 e. The zero-order valence-electron chi connectivity index (χ0n) is 15.1. The van der Waals surface area contributed by atoms with Crippen LogP contribution in [0.1, 0.15) is 42.5 Å². The quantitative estimate of drug-likeness (QED) is 0.422. The number of ether oxygens (including phenoxy) is 2. The lowest BCUT2D eigenvalue weighted by atomic mass is 9.91. The minimum absolute atomic E-state index is 0.134. The van der Waals surface area contributed by atoms with Gasteiger partial charge >= 0.3 is 5.97 Å². The number of amides is 1. The Bertz CT molecular complexity index is 682. The summed E-state index contributed by atoms with van der Waals surface area (Å²) >= 11 is 1.12. The molecule has 2 fully saturated rings. The highest BCUT2D eigenvalue weighted by Crippen LogP contribution is 2.36. The number of allylic oxidation sites excluding steroid dienone is 1. The standard InChI is InChI=1S/C20H25NO5S/c1-2-3-5-10-15-11-16(25-18(22)14-8-6-4-7-9-14)12-20(24,26-15)17-13-27-19(23)21-17/h2,4,6-9,15-17,24H,1,3,5,10-13H2,(H,21,23)/t15-,16-,17+,20-/m1/s1. The van der Waals surface area contributed by atoms with E-state index in [1.54, 1.807) is 24.3 Å². The van der Waals surface area contributed by atoms with Crippen molar-refractivity contribution >= 4 is 23.0 Å². The average molecular weight is 391 g/mol. The van der Waals surface area contributed by atoms with E-state index in [1.807, 2.05) is 12.1 Å². The van der Waals surface area contributed by atoms with Gasteiger partial charge in [-0.05, 0) is 31.4 Å². The summed E-state index contributed by atoms with van der Waals surface area (Å²) in [7, 11) is 0. The first-order chi connectivity index (χ1) is 13.0. The average Bonchev–Trinajstić information content (AvgIpc) is 3.10. The van der Waals surface area contributed by atoms with Crippen molar-refractivity contribution in [1.82, 2.24) is 5.32 Å². The number of thioether (sulfide) groups is 1. The van der Waals surface area contributed by atoms with Crippen LogP contribution in [0, 0.1) is 0 Å². The molecule has 4 atom stereocenters. The molecule has 146 valence electrons. The van der Waals surface area contributed by atoms with Crippen LogP contribution in [0.2, 0.25) is 0 Å².